The van der Waals surface area contributed by atoms with Crippen molar-refractivity contribution in [3.05, 3.63) is 52.1 Å². The van der Waals surface area contributed by atoms with Crippen molar-refractivity contribution in [1.82, 2.24) is 29.6 Å². The van der Waals surface area contributed by atoms with Gasteiger partial charge in [0.15, 0.2) is 0 Å². The second kappa shape index (κ2) is 10.1. The van der Waals surface area contributed by atoms with Crippen molar-refractivity contribution in [2.75, 3.05) is 26.2 Å². The largest absolute Gasteiger partial charge is 0.354 e. The number of fused-ring (bicyclic) bond motifs is 1. The molecule has 0 unspecified atom stereocenters. The van der Waals surface area contributed by atoms with Crippen LogP contribution in [0.25, 0.3) is 16.8 Å². The fourth-order valence-corrected chi connectivity index (χ4v) is 4.24. The second-order valence-corrected chi connectivity index (χ2v) is 8.49. The summed E-state index contributed by atoms with van der Waals surface area (Å²) in [7, 11) is 0. The molecular weight excluding hydrogens is 404 g/mol. The van der Waals surface area contributed by atoms with Crippen LogP contribution >= 0.6 is 0 Å². The number of nitrogens with zero attached hydrogens (tertiary/aromatic N) is 5. The van der Waals surface area contributed by atoms with E-state index in [1.54, 1.807) is 17.5 Å². The molecule has 0 radical (unpaired) electrons. The summed E-state index contributed by atoms with van der Waals surface area (Å²) >= 11 is 0. The minimum Gasteiger partial charge on any atom is -0.354 e. The Labute approximate surface area is 188 Å². The fourth-order valence-electron chi connectivity index (χ4n) is 4.24. The molecule has 1 amide bonds. The number of piperidine rings is 1. The van der Waals surface area contributed by atoms with Crippen LogP contribution in [0.4, 0.5) is 0 Å². The van der Waals surface area contributed by atoms with E-state index in [0.717, 1.165) is 43.7 Å². The summed E-state index contributed by atoms with van der Waals surface area (Å²) in [5.74, 6) is 0.366. The highest BCUT2D eigenvalue weighted by molar-refractivity contribution is 5.75. The summed E-state index contributed by atoms with van der Waals surface area (Å²) in [4.78, 5) is 27.8. The zero-order valence-corrected chi connectivity index (χ0v) is 19.0. The number of aryl methyl sites for hydroxylation is 2. The molecule has 0 aliphatic carbocycles. The average Bonchev–Trinajstić information content (AvgIpc) is 3.27. The maximum absolute atomic E-state index is 13.0. The predicted octanol–water partition coefficient (Wildman–Crippen LogP) is 2.42. The molecule has 2 aromatic heterocycles. The van der Waals surface area contributed by atoms with Gasteiger partial charge in [-0.25, -0.2) is 9.20 Å². The number of amides is 1. The van der Waals surface area contributed by atoms with Crippen molar-refractivity contribution in [2.45, 2.75) is 52.5 Å². The van der Waals surface area contributed by atoms with Gasteiger partial charge in [-0.15, -0.1) is 0 Å². The Morgan fingerprint density at radius 1 is 1.09 bits per heavy atom. The molecule has 1 N–H and O–H groups in total. The van der Waals surface area contributed by atoms with Crippen LogP contribution < -0.4 is 10.9 Å². The molecule has 1 fully saturated rings. The van der Waals surface area contributed by atoms with Crippen LogP contribution in [0, 0.1) is 6.92 Å². The second-order valence-electron chi connectivity index (χ2n) is 8.49. The van der Waals surface area contributed by atoms with Gasteiger partial charge in [0.05, 0.1) is 5.69 Å². The van der Waals surface area contributed by atoms with Crippen LogP contribution in [0.1, 0.15) is 44.0 Å². The van der Waals surface area contributed by atoms with Crippen molar-refractivity contribution in [2.24, 2.45) is 0 Å². The van der Waals surface area contributed by atoms with E-state index < -0.39 is 0 Å². The van der Waals surface area contributed by atoms with E-state index in [2.05, 4.69) is 39.5 Å². The number of likely N-dealkylation sites (tertiary alicyclic amines) is 1. The molecule has 0 bridgehead atoms. The van der Waals surface area contributed by atoms with Gasteiger partial charge in [-0.05, 0) is 63.9 Å². The maximum Gasteiger partial charge on any atom is 0.293 e. The molecule has 4 rings (SSSR count). The summed E-state index contributed by atoms with van der Waals surface area (Å²) in [6, 6.07) is 9.93. The van der Waals surface area contributed by atoms with Crippen LogP contribution in [0.15, 0.2) is 35.1 Å². The Hall–Kier alpha value is -3.00. The van der Waals surface area contributed by atoms with Crippen molar-refractivity contribution < 1.29 is 4.79 Å². The lowest BCUT2D eigenvalue weighted by Gasteiger charge is -2.26. The molecule has 32 heavy (non-hydrogen) atoms. The van der Waals surface area contributed by atoms with Crippen molar-refractivity contribution in [1.29, 1.82) is 0 Å². The zero-order chi connectivity index (χ0) is 22.5. The lowest BCUT2D eigenvalue weighted by Crippen LogP contribution is -2.37. The highest BCUT2D eigenvalue weighted by Gasteiger charge is 2.15. The lowest BCUT2D eigenvalue weighted by atomic mass is 10.1. The summed E-state index contributed by atoms with van der Waals surface area (Å²) in [6.45, 7) is 7.73. The van der Waals surface area contributed by atoms with Crippen molar-refractivity contribution in [3.8, 4) is 11.3 Å². The number of carbonyl (C=O) groups excluding carboxylic acids is 1. The number of benzene rings is 1. The molecular formula is C24H32N6O2. The van der Waals surface area contributed by atoms with Crippen molar-refractivity contribution >= 4 is 11.4 Å². The van der Waals surface area contributed by atoms with Crippen LogP contribution in [0.5, 0.6) is 0 Å². The smallest absolute Gasteiger partial charge is 0.293 e. The first kappa shape index (κ1) is 22.2. The van der Waals surface area contributed by atoms with Crippen LogP contribution in [-0.2, 0) is 17.8 Å². The molecule has 0 atom stereocenters. The maximum atomic E-state index is 13.0. The van der Waals surface area contributed by atoms with E-state index in [9.17, 15) is 9.59 Å². The van der Waals surface area contributed by atoms with Gasteiger partial charge in [-0.1, -0.05) is 37.6 Å². The van der Waals surface area contributed by atoms with E-state index in [1.165, 1.54) is 29.5 Å². The number of hydrogen-bond donors (Lipinski definition) is 1. The molecule has 3 heterocycles. The Kier molecular flexibility index (Phi) is 6.99. The topological polar surface area (TPSA) is 84.5 Å². The molecule has 1 aromatic carbocycles. The minimum absolute atomic E-state index is 0.0917. The van der Waals surface area contributed by atoms with Gasteiger partial charge in [0.25, 0.3) is 5.56 Å². The first-order chi connectivity index (χ1) is 15.5. The Morgan fingerprint density at radius 2 is 1.84 bits per heavy atom. The van der Waals surface area contributed by atoms with Crippen LogP contribution in [-0.4, -0.2) is 56.4 Å². The number of aromatic nitrogens is 4. The number of hydrogen-bond acceptors (Lipinski definition) is 5. The van der Waals surface area contributed by atoms with E-state index in [-0.39, 0.29) is 18.0 Å². The molecule has 0 spiro atoms. The zero-order valence-electron chi connectivity index (χ0n) is 19.0. The van der Waals surface area contributed by atoms with E-state index in [0.29, 0.717) is 17.9 Å². The summed E-state index contributed by atoms with van der Waals surface area (Å²) in [5, 5.41) is 11.8. The van der Waals surface area contributed by atoms with Gasteiger partial charge >= 0.3 is 0 Å². The fraction of sp³-hybridized carbons (Fsp3) is 0.500. The number of nitrogens with one attached hydrogen (secondary N) is 1. The van der Waals surface area contributed by atoms with Gasteiger partial charge in [-0.3, -0.25) is 9.59 Å². The van der Waals surface area contributed by atoms with Crippen LogP contribution in [0.2, 0.25) is 0 Å². The molecule has 3 aromatic rings. The highest BCUT2D eigenvalue weighted by atomic mass is 16.2. The van der Waals surface area contributed by atoms with E-state index in [4.69, 9.17) is 0 Å². The summed E-state index contributed by atoms with van der Waals surface area (Å²) < 4.78 is 2.79. The van der Waals surface area contributed by atoms with Gasteiger partial charge in [0, 0.05) is 12.1 Å². The standard InChI is InChI=1S/C24H32N6O2/c1-3-19-8-10-20(11-9-19)21-16-22-24(32)29(26-18(2)30(22)27-21)17-23(31)25-12-7-15-28-13-5-4-6-14-28/h8-11,16H,3-7,12-15,17H2,1-2H3,(H,25,31). The summed E-state index contributed by atoms with van der Waals surface area (Å²) in [5.41, 5.74) is 3.02. The van der Waals surface area contributed by atoms with E-state index >= 15 is 0 Å². The third-order valence-corrected chi connectivity index (χ3v) is 6.11. The Bertz CT molecular complexity index is 1130. The molecule has 170 valence electrons. The van der Waals surface area contributed by atoms with Gasteiger partial charge in [-0.2, -0.15) is 10.2 Å². The molecule has 1 saturated heterocycles. The molecule has 0 saturated carbocycles. The SMILES string of the molecule is CCc1ccc(-c2cc3c(=O)n(CC(=O)NCCCN4CCCCC4)nc(C)n3n2)cc1. The highest BCUT2D eigenvalue weighted by Crippen LogP contribution is 2.19. The molecule has 8 heteroatoms. The number of carbonyl (C=O) groups is 1. The predicted molar refractivity (Wildman–Crippen MR) is 125 cm³/mol. The average molecular weight is 437 g/mol. The van der Waals surface area contributed by atoms with Gasteiger partial charge in [0.1, 0.15) is 17.9 Å². The van der Waals surface area contributed by atoms with Crippen molar-refractivity contribution in [3.63, 3.8) is 0 Å². The monoisotopic (exact) mass is 436 g/mol. The third kappa shape index (κ3) is 5.07. The first-order valence-corrected chi connectivity index (χ1v) is 11.6. The first-order valence-electron chi connectivity index (χ1n) is 11.6. The molecule has 1 aliphatic heterocycles. The number of rotatable bonds is 8. The lowest BCUT2D eigenvalue weighted by molar-refractivity contribution is -0.121. The summed E-state index contributed by atoms with van der Waals surface area (Å²) in [6.07, 6.45) is 5.74. The van der Waals surface area contributed by atoms with Crippen LogP contribution in [0.3, 0.4) is 0 Å². The normalized spacial score (nSPS) is 14.7. The Morgan fingerprint density at radius 3 is 2.56 bits per heavy atom. The molecule has 8 nitrogen and oxygen atoms in total. The Balaban J connectivity index is 1.41. The van der Waals surface area contributed by atoms with E-state index in [1.807, 2.05) is 12.1 Å². The van der Waals surface area contributed by atoms with Gasteiger partial charge in [0.2, 0.25) is 5.91 Å². The quantitative estimate of drug-likeness (QED) is 0.548. The molecule has 1 aliphatic rings. The third-order valence-electron chi connectivity index (χ3n) is 6.11. The minimum atomic E-state index is -0.317. The van der Waals surface area contributed by atoms with Gasteiger partial charge < -0.3 is 10.2 Å².